The fraction of sp³-hybridized carbons (Fsp3) is 0.385. The Bertz CT molecular complexity index is 515. The van der Waals surface area contributed by atoms with Gasteiger partial charge in [-0.25, -0.2) is 13.1 Å². The van der Waals surface area contributed by atoms with E-state index in [2.05, 4.69) is 33.6 Å². The zero-order chi connectivity index (χ0) is 13.4. The highest BCUT2D eigenvalue weighted by Gasteiger charge is 1.97. The molecule has 0 aromatic heterocycles. The average Bonchev–Trinajstić information content (AvgIpc) is 2.28. The fourth-order valence-electron chi connectivity index (χ4n) is 1.37. The summed E-state index contributed by atoms with van der Waals surface area (Å²) >= 11 is 0. The molecule has 0 spiro atoms. The molecule has 5 heteroatoms. The Balaban J connectivity index is 2.29. The summed E-state index contributed by atoms with van der Waals surface area (Å²) in [5.41, 5.74) is 1.23. The zero-order valence-corrected chi connectivity index (χ0v) is 11.5. The smallest absolute Gasteiger partial charge is 0.209 e. The Morgan fingerprint density at radius 3 is 2.50 bits per heavy atom. The maximum Gasteiger partial charge on any atom is 0.209 e. The summed E-state index contributed by atoms with van der Waals surface area (Å²) in [5.74, 6) is 5.70. The molecule has 0 saturated carbocycles. The maximum atomic E-state index is 10.8. The minimum absolute atomic E-state index is 0.165. The predicted octanol–water partition coefficient (Wildman–Crippen LogP) is 0.671. The van der Waals surface area contributed by atoms with E-state index in [1.807, 2.05) is 25.2 Å². The van der Waals surface area contributed by atoms with Gasteiger partial charge < -0.3 is 0 Å². The first-order chi connectivity index (χ1) is 8.47. The number of benzene rings is 1. The van der Waals surface area contributed by atoms with Crippen LogP contribution < -0.4 is 4.72 Å². The Hall–Kier alpha value is -1.35. The second kappa shape index (κ2) is 7.17. The molecule has 18 heavy (non-hydrogen) atoms. The predicted molar refractivity (Wildman–Crippen MR) is 73.4 cm³/mol. The van der Waals surface area contributed by atoms with Gasteiger partial charge in [0.05, 0.1) is 19.3 Å². The average molecular weight is 266 g/mol. The second-order valence-corrected chi connectivity index (χ2v) is 5.94. The number of nitrogens with zero attached hydrogens (tertiary/aromatic N) is 1. The van der Waals surface area contributed by atoms with E-state index in [1.54, 1.807) is 0 Å². The topological polar surface area (TPSA) is 49.4 Å². The number of hydrogen-bond acceptors (Lipinski definition) is 3. The van der Waals surface area contributed by atoms with Crippen LogP contribution in [0.15, 0.2) is 30.3 Å². The monoisotopic (exact) mass is 266 g/mol. The van der Waals surface area contributed by atoms with Crippen molar-refractivity contribution in [1.82, 2.24) is 9.62 Å². The van der Waals surface area contributed by atoms with Gasteiger partial charge in [-0.15, -0.1) is 0 Å². The number of rotatable bonds is 5. The standard InChI is InChI=1S/C13H18N2O2S/c1-15(12-13-8-4-3-5-9-13)11-7-6-10-14-18(2,16)17/h3-5,8-9,14H,10-12H2,1-2H3. The van der Waals surface area contributed by atoms with Crippen molar-refractivity contribution in [3.63, 3.8) is 0 Å². The van der Waals surface area contributed by atoms with E-state index in [4.69, 9.17) is 0 Å². The molecule has 0 unspecified atom stereocenters. The van der Waals surface area contributed by atoms with Gasteiger partial charge in [0.25, 0.3) is 0 Å². The van der Waals surface area contributed by atoms with Gasteiger partial charge in [0.1, 0.15) is 0 Å². The van der Waals surface area contributed by atoms with Crippen molar-refractivity contribution in [1.29, 1.82) is 0 Å². The molecule has 0 atom stereocenters. The largest absolute Gasteiger partial charge is 0.291 e. The first-order valence-corrected chi connectivity index (χ1v) is 7.49. The van der Waals surface area contributed by atoms with Crippen LogP contribution in [0.1, 0.15) is 5.56 Å². The van der Waals surface area contributed by atoms with Crippen LogP contribution in [0.3, 0.4) is 0 Å². The van der Waals surface area contributed by atoms with Crippen LogP contribution in [0.4, 0.5) is 0 Å². The van der Waals surface area contributed by atoms with Crippen LogP contribution in [0.5, 0.6) is 0 Å². The quantitative estimate of drug-likeness (QED) is 0.797. The second-order valence-electron chi connectivity index (χ2n) is 4.10. The molecule has 0 amide bonds. The summed E-state index contributed by atoms with van der Waals surface area (Å²) in [4.78, 5) is 2.07. The lowest BCUT2D eigenvalue weighted by atomic mass is 10.2. The molecule has 1 aromatic carbocycles. The third kappa shape index (κ3) is 7.07. The molecular formula is C13H18N2O2S. The van der Waals surface area contributed by atoms with E-state index in [0.29, 0.717) is 6.54 Å². The first kappa shape index (κ1) is 14.7. The summed E-state index contributed by atoms with van der Waals surface area (Å²) in [6.07, 6.45) is 1.12. The Morgan fingerprint density at radius 2 is 1.89 bits per heavy atom. The summed E-state index contributed by atoms with van der Waals surface area (Å²) in [6, 6.07) is 10.1. The van der Waals surface area contributed by atoms with Gasteiger partial charge in [0.2, 0.25) is 10.0 Å². The molecule has 0 saturated heterocycles. The molecule has 1 aromatic rings. The van der Waals surface area contributed by atoms with Crippen LogP contribution in [0.2, 0.25) is 0 Å². The molecule has 0 heterocycles. The minimum Gasteiger partial charge on any atom is -0.291 e. The SMILES string of the molecule is CN(CC#CCNS(C)(=O)=O)Cc1ccccc1. The van der Waals surface area contributed by atoms with Crippen LogP contribution in [-0.4, -0.2) is 39.7 Å². The molecule has 98 valence electrons. The van der Waals surface area contributed by atoms with E-state index in [9.17, 15) is 8.42 Å². The molecule has 0 aliphatic carbocycles. The van der Waals surface area contributed by atoms with Crippen molar-refractivity contribution in [2.24, 2.45) is 0 Å². The molecule has 0 bridgehead atoms. The highest BCUT2D eigenvalue weighted by molar-refractivity contribution is 7.88. The molecule has 0 fully saturated rings. The lowest BCUT2D eigenvalue weighted by Crippen LogP contribution is -2.22. The molecule has 1 N–H and O–H groups in total. The van der Waals surface area contributed by atoms with E-state index >= 15 is 0 Å². The summed E-state index contributed by atoms with van der Waals surface area (Å²) in [5, 5.41) is 0. The third-order valence-corrected chi connectivity index (χ3v) is 2.86. The number of sulfonamides is 1. The van der Waals surface area contributed by atoms with Crippen LogP contribution in [0, 0.1) is 11.8 Å². The Kier molecular flexibility index (Phi) is 5.86. The maximum absolute atomic E-state index is 10.8. The molecular weight excluding hydrogens is 248 g/mol. The highest BCUT2D eigenvalue weighted by Crippen LogP contribution is 2.01. The lowest BCUT2D eigenvalue weighted by Gasteiger charge is -2.12. The van der Waals surface area contributed by atoms with Crippen LogP contribution in [-0.2, 0) is 16.6 Å². The van der Waals surface area contributed by atoms with Crippen molar-refractivity contribution < 1.29 is 8.42 Å². The molecule has 0 aliphatic heterocycles. The summed E-state index contributed by atoms with van der Waals surface area (Å²) < 4.78 is 23.9. The Labute approximate surface area is 109 Å². The molecule has 0 aliphatic rings. The van der Waals surface area contributed by atoms with Gasteiger partial charge in [0.15, 0.2) is 0 Å². The van der Waals surface area contributed by atoms with E-state index in [1.165, 1.54) is 5.56 Å². The number of hydrogen-bond donors (Lipinski definition) is 1. The van der Waals surface area contributed by atoms with Crippen LogP contribution >= 0.6 is 0 Å². The third-order valence-electron chi connectivity index (χ3n) is 2.19. The van der Waals surface area contributed by atoms with Crippen molar-refractivity contribution >= 4 is 10.0 Å². The normalized spacial score (nSPS) is 11.1. The van der Waals surface area contributed by atoms with Crippen molar-refractivity contribution in [3.8, 4) is 11.8 Å². The number of nitrogens with one attached hydrogen (secondary N) is 1. The van der Waals surface area contributed by atoms with Crippen LogP contribution in [0.25, 0.3) is 0 Å². The van der Waals surface area contributed by atoms with Gasteiger partial charge in [-0.3, -0.25) is 4.90 Å². The minimum atomic E-state index is -3.14. The van der Waals surface area contributed by atoms with Crippen molar-refractivity contribution in [2.75, 3.05) is 26.4 Å². The molecule has 4 nitrogen and oxygen atoms in total. The summed E-state index contributed by atoms with van der Waals surface area (Å²) in [7, 11) is -1.16. The van der Waals surface area contributed by atoms with Gasteiger partial charge in [-0.05, 0) is 12.6 Å². The Morgan fingerprint density at radius 1 is 1.22 bits per heavy atom. The molecule has 0 radical (unpaired) electrons. The molecule has 1 rings (SSSR count). The van der Waals surface area contributed by atoms with E-state index in [0.717, 1.165) is 12.8 Å². The lowest BCUT2D eigenvalue weighted by molar-refractivity contribution is 0.369. The van der Waals surface area contributed by atoms with Gasteiger partial charge in [-0.2, -0.15) is 0 Å². The zero-order valence-electron chi connectivity index (χ0n) is 10.7. The van der Waals surface area contributed by atoms with Gasteiger partial charge in [-0.1, -0.05) is 42.2 Å². The first-order valence-electron chi connectivity index (χ1n) is 5.60. The fourth-order valence-corrected chi connectivity index (χ4v) is 1.71. The summed E-state index contributed by atoms with van der Waals surface area (Å²) in [6.45, 7) is 1.60. The van der Waals surface area contributed by atoms with E-state index < -0.39 is 10.0 Å². The van der Waals surface area contributed by atoms with E-state index in [-0.39, 0.29) is 6.54 Å². The van der Waals surface area contributed by atoms with Crippen molar-refractivity contribution in [2.45, 2.75) is 6.54 Å². The van der Waals surface area contributed by atoms with Gasteiger partial charge >= 0.3 is 0 Å². The van der Waals surface area contributed by atoms with Gasteiger partial charge in [0, 0.05) is 6.54 Å². The van der Waals surface area contributed by atoms with Crippen molar-refractivity contribution in [3.05, 3.63) is 35.9 Å². The highest BCUT2D eigenvalue weighted by atomic mass is 32.2.